The first kappa shape index (κ1) is 7.24. The third-order valence-corrected chi connectivity index (χ3v) is 1.65. The molecule has 1 heterocycles. The van der Waals surface area contributed by atoms with E-state index in [2.05, 4.69) is 5.32 Å². The minimum absolute atomic E-state index is 0.406. The van der Waals surface area contributed by atoms with Crippen LogP contribution in [0.4, 0.5) is 0 Å². The van der Waals surface area contributed by atoms with Crippen molar-refractivity contribution in [3.63, 3.8) is 0 Å². The molecule has 56 valence electrons. The predicted octanol–water partition coefficient (Wildman–Crippen LogP) is -0.589. The molecule has 1 amide bonds. The van der Waals surface area contributed by atoms with Crippen molar-refractivity contribution in [3.8, 4) is 0 Å². The molecular formula is C6H10N2O2. The summed E-state index contributed by atoms with van der Waals surface area (Å²) < 4.78 is 0. The molecule has 4 heteroatoms. The van der Waals surface area contributed by atoms with E-state index in [1.54, 1.807) is 12.4 Å². The van der Waals surface area contributed by atoms with E-state index in [4.69, 9.17) is 5.21 Å². The van der Waals surface area contributed by atoms with Crippen LogP contribution in [-0.2, 0) is 4.79 Å². The van der Waals surface area contributed by atoms with E-state index in [1.165, 1.54) is 0 Å². The van der Waals surface area contributed by atoms with Crippen LogP contribution in [0.15, 0.2) is 11.1 Å². The zero-order chi connectivity index (χ0) is 7.56. The molecule has 0 aromatic carbocycles. The van der Waals surface area contributed by atoms with E-state index in [0.717, 1.165) is 18.7 Å². The van der Waals surface area contributed by atoms with Gasteiger partial charge in [0, 0.05) is 18.7 Å². The molecular weight excluding hydrogens is 132 g/mol. The Hall–Kier alpha value is -0.870. The number of hydrogen-bond donors (Lipinski definition) is 3. The van der Waals surface area contributed by atoms with Crippen LogP contribution in [0.1, 0.15) is 6.92 Å². The Kier molecular flexibility index (Phi) is 2.03. The number of nitrogens with one attached hydrogen (secondary N) is 2. The van der Waals surface area contributed by atoms with Crippen molar-refractivity contribution in [2.75, 3.05) is 13.1 Å². The van der Waals surface area contributed by atoms with Gasteiger partial charge in [0.1, 0.15) is 0 Å². The van der Waals surface area contributed by atoms with Crippen molar-refractivity contribution in [1.82, 2.24) is 10.8 Å². The lowest BCUT2D eigenvalue weighted by Crippen LogP contribution is -2.37. The highest BCUT2D eigenvalue weighted by molar-refractivity contribution is 5.93. The zero-order valence-corrected chi connectivity index (χ0v) is 5.77. The van der Waals surface area contributed by atoms with Crippen LogP contribution in [0.25, 0.3) is 0 Å². The lowest BCUT2D eigenvalue weighted by Gasteiger charge is -2.20. The first-order valence-corrected chi connectivity index (χ1v) is 3.09. The number of hydroxylamine groups is 1. The Morgan fingerprint density at radius 2 is 2.30 bits per heavy atom. The highest BCUT2D eigenvalue weighted by Gasteiger charge is 2.14. The molecule has 10 heavy (non-hydrogen) atoms. The van der Waals surface area contributed by atoms with Crippen molar-refractivity contribution in [2.45, 2.75) is 6.92 Å². The third kappa shape index (κ3) is 1.17. The van der Waals surface area contributed by atoms with Crippen molar-refractivity contribution in [3.05, 3.63) is 11.1 Å². The summed E-state index contributed by atoms with van der Waals surface area (Å²) in [5.74, 6) is -0.406. The molecule has 0 unspecified atom stereocenters. The lowest BCUT2D eigenvalue weighted by molar-refractivity contribution is -0.125. The van der Waals surface area contributed by atoms with Gasteiger partial charge in [-0.2, -0.15) is 0 Å². The van der Waals surface area contributed by atoms with Crippen LogP contribution >= 0.6 is 0 Å². The second-order valence-corrected chi connectivity index (χ2v) is 2.27. The normalized spacial score (nSPS) is 16.0. The number of carbonyl (C=O) groups excluding carboxylic acids is 1. The van der Waals surface area contributed by atoms with E-state index in [1.807, 2.05) is 0 Å². The summed E-state index contributed by atoms with van der Waals surface area (Å²) >= 11 is 0. The van der Waals surface area contributed by atoms with Gasteiger partial charge in [0.15, 0.2) is 0 Å². The van der Waals surface area contributed by atoms with E-state index in [9.17, 15) is 4.79 Å². The minimum Gasteiger partial charge on any atom is -0.309 e. The van der Waals surface area contributed by atoms with Crippen LogP contribution < -0.4 is 10.8 Å². The highest BCUT2D eigenvalue weighted by atomic mass is 16.5. The summed E-state index contributed by atoms with van der Waals surface area (Å²) in [6.07, 6.45) is 0. The monoisotopic (exact) mass is 142 g/mol. The molecule has 0 aliphatic carbocycles. The molecule has 1 aliphatic rings. The Labute approximate surface area is 58.9 Å². The van der Waals surface area contributed by atoms with Crippen molar-refractivity contribution in [1.29, 1.82) is 0 Å². The summed E-state index contributed by atoms with van der Waals surface area (Å²) in [6.45, 7) is 3.22. The summed E-state index contributed by atoms with van der Waals surface area (Å²) in [4.78, 5) is 10.7. The molecule has 0 atom stereocenters. The van der Waals surface area contributed by atoms with Crippen molar-refractivity contribution >= 4 is 5.91 Å². The van der Waals surface area contributed by atoms with E-state index in [0.29, 0.717) is 5.57 Å². The lowest BCUT2D eigenvalue weighted by atomic mass is 10.0. The fraction of sp³-hybridized carbons (Fsp3) is 0.500. The fourth-order valence-electron chi connectivity index (χ4n) is 0.760. The van der Waals surface area contributed by atoms with Gasteiger partial charge in [-0.15, -0.1) is 0 Å². The van der Waals surface area contributed by atoms with Gasteiger partial charge in [0.2, 0.25) is 0 Å². The maximum atomic E-state index is 10.7. The molecule has 1 fully saturated rings. The van der Waals surface area contributed by atoms with Crippen molar-refractivity contribution in [2.24, 2.45) is 0 Å². The number of amides is 1. The Morgan fingerprint density at radius 1 is 1.70 bits per heavy atom. The van der Waals surface area contributed by atoms with Gasteiger partial charge in [0.05, 0.1) is 0 Å². The van der Waals surface area contributed by atoms with Gasteiger partial charge in [-0.3, -0.25) is 10.0 Å². The van der Waals surface area contributed by atoms with Gasteiger partial charge in [0.25, 0.3) is 5.91 Å². The predicted molar refractivity (Wildman–Crippen MR) is 35.5 cm³/mol. The van der Waals surface area contributed by atoms with Crippen LogP contribution in [0, 0.1) is 0 Å². The highest BCUT2D eigenvalue weighted by Crippen LogP contribution is 2.07. The maximum Gasteiger partial charge on any atom is 0.270 e. The molecule has 0 aromatic rings. The molecule has 1 saturated heterocycles. The maximum absolute atomic E-state index is 10.7. The summed E-state index contributed by atoms with van der Waals surface area (Å²) in [5, 5.41) is 11.2. The Bertz CT molecular complexity index is 180. The Balaban J connectivity index is 2.61. The van der Waals surface area contributed by atoms with Gasteiger partial charge in [-0.05, 0) is 12.5 Å². The van der Waals surface area contributed by atoms with Gasteiger partial charge in [-0.25, -0.2) is 5.48 Å². The van der Waals surface area contributed by atoms with Crippen LogP contribution in [0.5, 0.6) is 0 Å². The summed E-state index contributed by atoms with van der Waals surface area (Å²) in [7, 11) is 0. The molecule has 1 aliphatic heterocycles. The smallest absolute Gasteiger partial charge is 0.270 e. The zero-order valence-electron chi connectivity index (χ0n) is 5.77. The second-order valence-electron chi connectivity index (χ2n) is 2.27. The Morgan fingerprint density at radius 3 is 2.60 bits per heavy atom. The average molecular weight is 142 g/mol. The van der Waals surface area contributed by atoms with Crippen LogP contribution in [0.2, 0.25) is 0 Å². The molecule has 1 rings (SSSR count). The van der Waals surface area contributed by atoms with Crippen molar-refractivity contribution < 1.29 is 10.0 Å². The molecule has 0 bridgehead atoms. The SMILES string of the molecule is CC(C(=O)NO)=C1CNC1. The standard InChI is InChI=1S/C6H10N2O2/c1-4(6(9)8-10)5-2-7-3-5/h7,10H,2-3H2,1H3,(H,8,9). The molecule has 3 N–H and O–H groups in total. The first-order valence-electron chi connectivity index (χ1n) is 3.09. The molecule has 0 aromatic heterocycles. The number of carbonyl (C=O) groups is 1. The third-order valence-electron chi connectivity index (χ3n) is 1.65. The topological polar surface area (TPSA) is 61.4 Å². The summed E-state index contributed by atoms with van der Waals surface area (Å²) in [5.41, 5.74) is 3.26. The molecule has 0 radical (unpaired) electrons. The summed E-state index contributed by atoms with van der Waals surface area (Å²) in [6, 6.07) is 0. The average Bonchev–Trinajstić information content (AvgIpc) is 1.82. The molecule has 0 spiro atoms. The largest absolute Gasteiger partial charge is 0.309 e. The minimum atomic E-state index is -0.406. The van der Waals surface area contributed by atoms with Gasteiger partial charge >= 0.3 is 0 Å². The van der Waals surface area contributed by atoms with Crippen LogP contribution in [0.3, 0.4) is 0 Å². The molecule has 0 saturated carbocycles. The second kappa shape index (κ2) is 2.81. The van der Waals surface area contributed by atoms with E-state index >= 15 is 0 Å². The quantitative estimate of drug-likeness (QED) is 0.260. The van der Waals surface area contributed by atoms with E-state index in [-0.39, 0.29) is 0 Å². The van der Waals surface area contributed by atoms with Crippen LogP contribution in [-0.4, -0.2) is 24.2 Å². The molecule has 4 nitrogen and oxygen atoms in total. The van der Waals surface area contributed by atoms with Gasteiger partial charge in [-0.1, -0.05) is 0 Å². The number of hydrogen-bond acceptors (Lipinski definition) is 3. The fourth-order valence-corrected chi connectivity index (χ4v) is 0.760. The number of rotatable bonds is 1. The first-order chi connectivity index (χ1) is 4.75. The van der Waals surface area contributed by atoms with E-state index < -0.39 is 5.91 Å². The van der Waals surface area contributed by atoms with Gasteiger partial charge < -0.3 is 5.32 Å².